The molecule has 24 heavy (non-hydrogen) atoms. The third-order valence-corrected chi connectivity index (χ3v) is 3.49. The highest BCUT2D eigenvalue weighted by molar-refractivity contribution is 6.08. The second-order valence-electron chi connectivity index (χ2n) is 5.21. The number of hydrogen-bond acceptors (Lipinski definition) is 4. The maximum atomic E-state index is 13.4. The summed E-state index contributed by atoms with van der Waals surface area (Å²) < 4.78 is 13.4. The van der Waals surface area contributed by atoms with Crippen LogP contribution in [0.2, 0.25) is 0 Å². The highest BCUT2D eigenvalue weighted by Crippen LogP contribution is 2.22. The summed E-state index contributed by atoms with van der Waals surface area (Å²) in [5.41, 5.74) is 10.4. The summed E-state index contributed by atoms with van der Waals surface area (Å²) in [4.78, 5) is 8.68. The number of allylic oxidation sites excluding steroid dienone is 2. The van der Waals surface area contributed by atoms with Crippen molar-refractivity contribution in [3.05, 3.63) is 71.4 Å². The van der Waals surface area contributed by atoms with Crippen LogP contribution < -0.4 is 11.1 Å². The minimum Gasteiger partial charge on any atom is -0.404 e. The summed E-state index contributed by atoms with van der Waals surface area (Å²) in [5.74, 6) is -0.290. The first-order chi connectivity index (χ1) is 11.6. The van der Waals surface area contributed by atoms with E-state index in [4.69, 9.17) is 5.73 Å². The van der Waals surface area contributed by atoms with Crippen LogP contribution in [0, 0.1) is 12.7 Å². The van der Waals surface area contributed by atoms with Crippen molar-refractivity contribution in [3.63, 3.8) is 0 Å². The molecule has 0 aliphatic heterocycles. The number of nitrogens with zero attached hydrogens (tertiary/aromatic N) is 2. The van der Waals surface area contributed by atoms with Gasteiger partial charge in [-0.05, 0) is 43.7 Å². The predicted molar refractivity (Wildman–Crippen MR) is 99.2 cm³/mol. The number of anilines is 1. The number of aromatic nitrogens is 1. The van der Waals surface area contributed by atoms with E-state index in [1.807, 2.05) is 32.1 Å². The van der Waals surface area contributed by atoms with E-state index in [1.54, 1.807) is 25.4 Å². The van der Waals surface area contributed by atoms with Crippen LogP contribution in [0.25, 0.3) is 11.3 Å². The van der Waals surface area contributed by atoms with Gasteiger partial charge >= 0.3 is 0 Å². The van der Waals surface area contributed by atoms with E-state index >= 15 is 0 Å². The van der Waals surface area contributed by atoms with E-state index in [1.165, 1.54) is 18.3 Å². The van der Waals surface area contributed by atoms with Crippen LogP contribution in [0.15, 0.2) is 53.7 Å². The second kappa shape index (κ2) is 8.06. The third-order valence-electron chi connectivity index (χ3n) is 3.49. The van der Waals surface area contributed by atoms with Crippen LogP contribution in [0.3, 0.4) is 0 Å². The monoisotopic (exact) mass is 324 g/mol. The average Bonchev–Trinajstić information content (AvgIpc) is 2.58. The predicted octanol–water partition coefficient (Wildman–Crippen LogP) is 4.00. The van der Waals surface area contributed by atoms with E-state index in [0.29, 0.717) is 5.69 Å². The molecule has 124 valence electrons. The van der Waals surface area contributed by atoms with Gasteiger partial charge in [0.15, 0.2) is 0 Å². The van der Waals surface area contributed by atoms with E-state index in [0.717, 1.165) is 28.2 Å². The van der Waals surface area contributed by atoms with Gasteiger partial charge in [0.05, 0.1) is 17.1 Å². The van der Waals surface area contributed by atoms with E-state index in [9.17, 15) is 4.39 Å². The average molecular weight is 324 g/mol. The summed E-state index contributed by atoms with van der Waals surface area (Å²) in [6.45, 7) is 3.88. The van der Waals surface area contributed by atoms with Crippen molar-refractivity contribution in [1.29, 1.82) is 0 Å². The molecule has 2 aromatic rings. The summed E-state index contributed by atoms with van der Waals surface area (Å²) >= 11 is 0. The van der Waals surface area contributed by atoms with Crippen LogP contribution >= 0.6 is 0 Å². The Bertz CT molecular complexity index is 807. The van der Waals surface area contributed by atoms with Gasteiger partial charge in [-0.25, -0.2) is 9.37 Å². The zero-order valence-electron chi connectivity index (χ0n) is 14.0. The molecule has 0 radical (unpaired) electrons. The minimum atomic E-state index is -0.290. The largest absolute Gasteiger partial charge is 0.404 e. The standard InChI is InChI=1S/C19H21FN4/c1-4-17(23-16-7-5-6-15(20)10-16)19-13(2)8-9-18(24-19)14(11-21)12-22-3/h4-12,23H,21H2,1-3H3/b14-11+,17-4+,22-12?. The molecule has 0 bridgehead atoms. The number of pyridine rings is 1. The lowest BCUT2D eigenvalue weighted by molar-refractivity contribution is 0.628. The van der Waals surface area contributed by atoms with Gasteiger partial charge in [-0.3, -0.25) is 4.99 Å². The van der Waals surface area contributed by atoms with Crippen LogP contribution in [-0.4, -0.2) is 18.2 Å². The lowest BCUT2D eigenvalue weighted by Crippen LogP contribution is -2.06. The van der Waals surface area contributed by atoms with E-state index in [2.05, 4.69) is 15.3 Å². The molecule has 0 saturated heterocycles. The lowest BCUT2D eigenvalue weighted by Gasteiger charge is -2.14. The number of nitrogens with one attached hydrogen (secondary N) is 1. The summed E-state index contributed by atoms with van der Waals surface area (Å²) in [7, 11) is 1.68. The van der Waals surface area contributed by atoms with Crippen LogP contribution in [0.4, 0.5) is 10.1 Å². The van der Waals surface area contributed by atoms with Crippen LogP contribution in [-0.2, 0) is 0 Å². The second-order valence-corrected chi connectivity index (χ2v) is 5.21. The number of nitrogens with two attached hydrogens (primary N) is 1. The number of aryl methyl sites for hydroxylation is 1. The molecule has 4 nitrogen and oxygen atoms in total. The Morgan fingerprint density at radius 3 is 2.71 bits per heavy atom. The van der Waals surface area contributed by atoms with E-state index in [-0.39, 0.29) is 5.82 Å². The minimum absolute atomic E-state index is 0.290. The molecule has 0 unspecified atom stereocenters. The highest BCUT2D eigenvalue weighted by atomic mass is 19.1. The summed E-state index contributed by atoms with van der Waals surface area (Å²) in [5, 5.41) is 3.22. The lowest BCUT2D eigenvalue weighted by atomic mass is 10.1. The van der Waals surface area contributed by atoms with Crippen molar-refractivity contribution in [2.75, 3.05) is 12.4 Å². The first-order valence-electron chi connectivity index (χ1n) is 7.60. The number of benzene rings is 1. The zero-order chi connectivity index (χ0) is 17.5. The van der Waals surface area contributed by atoms with Gasteiger partial charge in [-0.1, -0.05) is 18.2 Å². The molecule has 0 aliphatic rings. The van der Waals surface area contributed by atoms with Gasteiger partial charge in [0.25, 0.3) is 0 Å². The van der Waals surface area contributed by atoms with Crippen molar-refractivity contribution in [2.24, 2.45) is 10.7 Å². The highest BCUT2D eigenvalue weighted by Gasteiger charge is 2.10. The van der Waals surface area contributed by atoms with Gasteiger partial charge in [0, 0.05) is 30.7 Å². The molecule has 0 amide bonds. The van der Waals surface area contributed by atoms with Gasteiger partial charge in [0.1, 0.15) is 5.82 Å². The van der Waals surface area contributed by atoms with Gasteiger partial charge in [-0.15, -0.1) is 0 Å². The topological polar surface area (TPSA) is 63.3 Å². The molecule has 1 heterocycles. The van der Waals surface area contributed by atoms with Gasteiger partial charge < -0.3 is 11.1 Å². The molecular formula is C19H21FN4. The summed E-state index contributed by atoms with van der Waals surface area (Å²) in [6.07, 6.45) is 5.05. The van der Waals surface area contributed by atoms with Crippen molar-refractivity contribution in [1.82, 2.24) is 4.98 Å². The SMILES string of the molecule is C/C=C(/Nc1cccc(F)c1)c1nc(/C(C=NC)=C/N)ccc1C. The van der Waals surface area contributed by atoms with Gasteiger partial charge in [-0.2, -0.15) is 0 Å². The normalized spacial score (nSPS) is 12.7. The number of aliphatic imine (C=N–C) groups is 1. The smallest absolute Gasteiger partial charge is 0.125 e. The number of rotatable bonds is 5. The number of hydrogen-bond donors (Lipinski definition) is 2. The molecule has 2 rings (SSSR count). The molecular weight excluding hydrogens is 303 g/mol. The first kappa shape index (κ1) is 17.4. The van der Waals surface area contributed by atoms with Gasteiger partial charge in [0.2, 0.25) is 0 Å². The Kier molecular flexibility index (Phi) is 5.84. The molecule has 1 aromatic heterocycles. The summed E-state index contributed by atoms with van der Waals surface area (Å²) in [6, 6.07) is 10.2. The number of halogens is 1. The molecule has 0 fully saturated rings. The van der Waals surface area contributed by atoms with Crippen molar-refractivity contribution >= 4 is 23.2 Å². The Balaban J connectivity index is 2.41. The maximum absolute atomic E-state index is 13.4. The Morgan fingerprint density at radius 2 is 2.08 bits per heavy atom. The zero-order valence-corrected chi connectivity index (χ0v) is 14.0. The first-order valence-corrected chi connectivity index (χ1v) is 7.60. The van der Waals surface area contributed by atoms with Crippen LogP contribution in [0.1, 0.15) is 23.9 Å². The fourth-order valence-corrected chi connectivity index (χ4v) is 2.29. The Morgan fingerprint density at radius 1 is 1.29 bits per heavy atom. The maximum Gasteiger partial charge on any atom is 0.125 e. The quantitative estimate of drug-likeness (QED) is 0.817. The Hall–Kier alpha value is -2.95. The van der Waals surface area contributed by atoms with Crippen molar-refractivity contribution in [3.8, 4) is 0 Å². The molecule has 0 atom stereocenters. The Labute approximate surface area is 141 Å². The fourth-order valence-electron chi connectivity index (χ4n) is 2.29. The third kappa shape index (κ3) is 4.07. The molecule has 5 heteroatoms. The fraction of sp³-hybridized carbons (Fsp3) is 0.158. The molecule has 0 saturated carbocycles. The molecule has 3 N–H and O–H groups in total. The van der Waals surface area contributed by atoms with E-state index < -0.39 is 0 Å². The molecule has 0 aliphatic carbocycles. The van der Waals surface area contributed by atoms with Crippen LogP contribution in [0.5, 0.6) is 0 Å². The van der Waals surface area contributed by atoms with Crippen molar-refractivity contribution < 1.29 is 4.39 Å². The molecule has 1 aromatic carbocycles. The molecule has 0 spiro atoms. The van der Waals surface area contributed by atoms with Crippen molar-refractivity contribution in [2.45, 2.75) is 13.8 Å².